The molecule has 30 heavy (non-hydrogen) atoms. The highest BCUT2D eigenvalue weighted by Gasteiger charge is 2.35. The number of nitrogens with one attached hydrogen (secondary N) is 2. The molecule has 1 aliphatic heterocycles. The molecule has 1 heterocycles. The quantitative estimate of drug-likeness (QED) is 0.751. The molecule has 0 spiro atoms. The Bertz CT molecular complexity index is 935. The number of amides is 3. The van der Waals surface area contributed by atoms with E-state index >= 15 is 0 Å². The summed E-state index contributed by atoms with van der Waals surface area (Å²) in [4.78, 5) is 38.9. The lowest BCUT2D eigenvalue weighted by molar-refractivity contribution is -0.129. The third-order valence-electron chi connectivity index (χ3n) is 5.40. The minimum absolute atomic E-state index is 0.0128. The van der Waals surface area contributed by atoms with Crippen molar-refractivity contribution in [1.82, 2.24) is 4.90 Å². The third-order valence-corrected chi connectivity index (χ3v) is 5.40. The van der Waals surface area contributed by atoms with Gasteiger partial charge in [-0.3, -0.25) is 14.4 Å². The summed E-state index contributed by atoms with van der Waals surface area (Å²) in [6.07, 6.45) is 0.236. The van der Waals surface area contributed by atoms with Gasteiger partial charge in [-0.1, -0.05) is 32.0 Å². The molecule has 3 amide bonds. The molecule has 2 aromatic carbocycles. The molecule has 2 aromatic rings. The Balaban J connectivity index is 1.62. The van der Waals surface area contributed by atoms with Crippen molar-refractivity contribution in [2.75, 3.05) is 17.2 Å². The predicted molar refractivity (Wildman–Crippen MR) is 119 cm³/mol. The number of anilines is 2. The molecule has 1 fully saturated rings. The molecule has 0 bridgehead atoms. The minimum Gasteiger partial charge on any atom is -0.339 e. The van der Waals surface area contributed by atoms with E-state index < -0.39 is 0 Å². The van der Waals surface area contributed by atoms with Gasteiger partial charge < -0.3 is 15.5 Å². The van der Waals surface area contributed by atoms with Crippen LogP contribution in [0.5, 0.6) is 0 Å². The average molecular weight is 408 g/mol. The summed E-state index contributed by atoms with van der Waals surface area (Å²) in [5.74, 6) is -0.410. The zero-order valence-corrected chi connectivity index (χ0v) is 17.9. The van der Waals surface area contributed by atoms with Gasteiger partial charge in [-0.15, -0.1) is 0 Å². The van der Waals surface area contributed by atoms with E-state index in [-0.39, 0.29) is 36.1 Å². The van der Waals surface area contributed by atoms with E-state index in [9.17, 15) is 14.4 Å². The first-order valence-corrected chi connectivity index (χ1v) is 10.4. The number of para-hydroxylation sites is 1. The van der Waals surface area contributed by atoms with Crippen LogP contribution in [-0.2, 0) is 9.59 Å². The van der Waals surface area contributed by atoms with Crippen LogP contribution in [0.4, 0.5) is 11.4 Å². The summed E-state index contributed by atoms with van der Waals surface area (Å²) < 4.78 is 0. The van der Waals surface area contributed by atoms with Crippen LogP contribution >= 0.6 is 0 Å². The molecule has 1 saturated heterocycles. The van der Waals surface area contributed by atoms with E-state index in [1.807, 2.05) is 38.1 Å². The molecule has 1 atom stereocenters. The van der Waals surface area contributed by atoms with Crippen molar-refractivity contribution in [2.24, 2.45) is 5.92 Å². The number of nitrogens with zero attached hydrogens (tertiary/aromatic N) is 1. The van der Waals surface area contributed by atoms with Gasteiger partial charge >= 0.3 is 0 Å². The van der Waals surface area contributed by atoms with Gasteiger partial charge in [-0.2, -0.15) is 0 Å². The fourth-order valence-corrected chi connectivity index (χ4v) is 3.66. The molecule has 6 nitrogen and oxygen atoms in total. The van der Waals surface area contributed by atoms with Crippen molar-refractivity contribution < 1.29 is 14.4 Å². The average Bonchev–Trinajstić information content (AvgIpc) is 3.11. The normalized spacial score (nSPS) is 16.3. The maximum absolute atomic E-state index is 12.6. The first-order valence-electron chi connectivity index (χ1n) is 10.4. The summed E-state index contributed by atoms with van der Waals surface area (Å²) in [5, 5.41) is 5.82. The Labute approximate surface area is 177 Å². The molecule has 2 N–H and O–H groups in total. The Kier molecular flexibility index (Phi) is 6.55. The lowest BCUT2D eigenvalue weighted by Crippen LogP contribution is -2.33. The summed E-state index contributed by atoms with van der Waals surface area (Å²) in [6.45, 7) is 8.50. The summed E-state index contributed by atoms with van der Waals surface area (Å²) in [6, 6.07) is 14.6. The summed E-state index contributed by atoms with van der Waals surface area (Å²) >= 11 is 0. The second-order valence-electron chi connectivity index (χ2n) is 8.30. The standard InChI is InChI=1S/C24H29N3O3/c1-15(2)20-7-5-6-8-21(20)26-23(29)17-9-11-19(12-10-17)25-24(30)18-13-22(28)27(14-18)16(3)4/h5-12,15-16,18H,13-14H2,1-4H3,(H,25,30)(H,26,29). The maximum Gasteiger partial charge on any atom is 0.255 e. The molecule has 3 rings (SSSR count). The second kappa shape index (κ2) is 9.11. The van der Waals surface area contributed by atoms with Gasteiger partial charge in [0.25, 0.3) is 5.91 Å². The highest BCUT2D eigenvalue weighted by atomic mass is 16.2. The number of hydrogen-bond acceptors (Lipinski definition) is 3. The molecule has 0 radical (unpaired) electrons. The van der Waals surface area contributed by atoms with Crippen LogP contribution in [-0.4, -0.2) is 35.2 Å². The minimum atomic E-state index is -0.351. The van der Waals surface area contributed by atoms with Gasteiger partial charge in [0.15, 0.2) is 0 Å². The van der Waals surface area contributed by atoms with E-state index in [2.05, 4.69) is 24.5 Å². The second-order valence-corrected chi connectivity index (χ2v) is 8.30. The number of benzene rings is 2. The topological polar surface area (TPSA) is 78.5 Å². The molecule has 0 saturated carbocycles. The molecular formula is C24H29N3O3. The molecule has 158 valence electrons. The smallest absolute Gasteiger partial charge is 0.255 e. The third kappa shape index (κ3) is 4.87. The lowest BCUT2D eigenvalue weighted by Gasteiger charge is -2.20. The molecule has 6 heteroatoms. The number of likely N-dealkylation sites (tertiary alicyclic amines) is 1. The van der Waals surface area contributed by atoms with E-state index in [1.54, 1.807) is 29.2 Å². The number of hydrogen-bond donors (Lipinski definition) is 2. The molecular weight excluding hydrogens is 378 g/mol. The van der Waals surface area contributed by atoms with Crippen molar-refractivity contribution in [1.29, 1.82) is 0 Å². The monoisotopic (exact) mass is 407 g/mol. The molecule has 1 unspecified atom stereocenters. The maximum atomic E-state index is 12.6. The Morgan fingerprint density at radius 3 is 2.23 bits per heavy atom. The highest BCUT2D eigenvalue weighted by Crippen LogP contribution is 2.25. The highest BCUT2D eigenvalue weighted by molar-refractivity contribution is 6.05. The fraction of sp³-hybridized carbons (Fsp3) is 0.375. The zero-order valence-electron chi connectivity index (χ0n) is 17.9. The van der Waals surface area contributed by atoms with E-state index in [1.165, 1.54) is 0 Å². The van der Waals surface area contributed by atoms with Gasteiger partial charge in [-0.25, -0.2) is 0 Å². The van der Waals surface area contributed by atoms with Gasteiger partial charge in [0.1, 0.15) is 0 Å². The lowest BCUT2D eigenvalue weighted by atomic mass is 10.0. The van der Waals surface area contributed by atoms with Crippen LogP contribution in [0.15, 0.2) is 48.5 Å². The van der Waals surface area contributed by atoms with Crippen molar-refractivity contribution in [3.05, 3.63) is 59.7 Å². The van der Waals surface area contributed by atoms with Crippen molar-refractivity contribution in [3.63, 3.8) is 0 Å². The largest absolute Gasteiger partial charge is 0.339 e. The van der Waals surface area contributed by atoms with Crippen LogP contribution in [0.1, 0.15) is 56.0 Å². The first kappa shape index (κ1) is 21.6. The van der Waals surface area contributed by atoms with Gasteiger partial charge in [0, 0.05) is 35.9 Å². The number of carbonyl (C=O) groups is 3. The number of rotatable bonds is 6. The van der Waals surface area contributed by atoms with Gasteiger partial charge in [0.2, 0.25) is 11.8 Å². The van der Waals surface area contributed by atoms with E-state index in [0.29, 0.717) is 23.7 Å². The number of carbonyl (C=O) groups excluding carboxylic acids is 3. The molecule has 1 aliphatic rings. The van der Waals surface area contributed by atoms with E-state index in [0.717, 1.165) is 11.3 Å². The Morgan fingerprint density at radius 1 is 0.967 bits per heavy atom. The Morgan fingerprint density at radius 2 is 1.63 bits per heavy atom. The Hall–Kier alpha value is -3.15. The summed E-state index contributed by atoms with van der Waals surface area (Å²) in [7, 11) is 0. The van der Waals surface area contributed by atoms with Crippen LogP contribution in [0.2, 0.25) is 0 Å². The van der Waals surface area contributed by atoms with Gasteiger partial charge in [-0.05, 0) is 55.7 Å². The zero-order chi connectivity index (χ0) is 21.8. The van der Waals surface area contributed by atoms with Crippen LogP contribution < -0.4 is 10.6 Å². The predicted octanol–water partition coefficient (Wildman–Crippen LogP) is 4.26. The van der Waals surface area contributed by atoms with Crippen molar-refractivity contribution in [3.8, 4) is 0 Å². The van der Waals surface area contributed by atoms with Gasteiger partial charge in [0.05, 0.1) is 5.92 Å². The van der Waals surface area contributed by atoms with Crippen molar-refractivity contribution in [2.45, 2.75) is 46.1 Å². The fourth-order valence-electron chi connectivity index (χ4n) is 3.66. The molecule has 0 aromatic heterocycles. The van der Waals surface area contributed by atoms with Crippen LogP contribution in [0, 0.1) is 5.92 Å². The van der Waals surface area contributed by atoms with Crippen LogP contribution in [0.3, 0.4) is 0 Å². The first-order chi connectivity index (χ1) is 14.3. The van der Waals surface area contributed by atoms with Crippen molar-refractivity contribution >= 4 is 29.1 Å². The molecule has 0 aliphatic carbocycles. The van der Waals surface area contributed by atoms with E-state index in [4.69, 9.17) is 0 Å². The van der Waals surface area contributed by atoms with Crippen LogP contribution in [0.25, 0.3) is 0 Å². The SMILES string of the molecule is CC(C)c1ccccc1NC(=O)c1ccc(NC(=O)C2CC(=O)N(C(C)C)C2)cc1. The summed E-state index contributed by atoms with van der Waals surface area (Å²) in [5.41, 5.74) is 3.00.